The Morgan fingerprint density at radius 3 is 2.48 bits per heavy atom. The number of hydrogen-bond acceptors (Lipinski definition) is 5. The number of benzene rings is 2. The van der Waals surface area contributed by atoms with Gasteiger partial charge in [0.05, 0.1) is 26.3 Å². The number of methoxy groups -OCH3 is 2. The van der Waals surface area contributed by atoms with E-state index < -0.39 is 0 Å². The first-order valence-corrected chi connectivity index (χ1v) is 9.66. The van der Waals surface area contributed by atoms with Crippen LogP contribution in [0.4, 0.5) is 0 Å². The van der Waals surface area contributed by atoms with Crippen molar-refractivity contribution in [2.75, 3.05) is 14.2 Å². The highest BCUT2D eigenvalue weighted by atomic mass is 16.5. The van der Waals surface area contributed by atoms with Gasteiger partial charge in [-0.3, -0.25) is 4.57 Å². The van der Waals surface area contributed by atoms with Gasteiger partial charge in [-0.05, 0) is 30.5 Å². The van der Waals surface area contributed by atoms with E-state index in [0.29, 0.717) is 35.9 Å². The third-order valence-electron chi connectivity index (χ3n) is 5.16. The lowest BCUT2D eigenvalue weighted by atomic mass is 10.1. The van der Waals surface area contributed by atoms with Crippen LogP contribution in [0.5, 0.6) is 11.5 Å². The molecule has 0 bridgehead atoms. The Hall–Kier alpha value is -3.35. The Balaban J connectivity index is 2.07. The van der Waals surface area contributed by atoms with Crippen molar-refractivity contribution in [1.82, 2.24) is 19.2 Å². The van der Waals surface area contributed by atoms with Crippen LogP contribution in [0.3, 0.4) is 0 Å². The van der Waals surface area contributed by atoms with Gasteiger partial charge in [-0.1, -0.05) is 31.2 Å². The fourth-order valence-electron chi connectivity index (χ4n) is 3.59. The van der Waals surface area contributed by atoms with E-state index >= 15 is 0 Å². The monoisotopic (exact) mass is 392 g/mol. The number of aryl methyl sites for hydroxylation is 2. The average Bonchev–Trinajstić information content (AvgIpc) is 3.16. The highest BCUT2D eigenvalue weighted by molar-refractivity contribution is 5.94. The normalized spacial score (nSPS) is 11.3. The zero-order valence-corrected chi connectivity index (χ0v) is 17.1. The molecule has 4 aromatic rings. The maximum Gasteiger partial charge on any atom is 0.351 e. The summed E-state index contributed by atoms with van der Waals surface area (Å²) in [5.41, 5.74) is 3.24. The number of fused-ring (bicyclic) bond motifs is 3. The summed E-state index contributed by atoms with van der Waals surface area (Å²) in [5, 5.41) is 5.27. The summed E-state index contributed by atoms with van der Waals surface area (Å²) in [4.78, 5) is 18.0. The molecule has 0 saturated heterocycles. The molecule has 0 saturated carbocycles. The van der Waals surface area contributed by atoms with E-state index in [-0.39, 0.29) is 5.69 Å². The predicted molar refractivity (Wildman–Crippen MR) is 112 cm³/mol. The van der Waals surface area contributed by atoms with Gasteiger partial charge in [0, 0.05) is 17.9 Å². The lowest BCUT2D eigenvalue weighted by Gasteiger charge is -2.15. The van der Waals surface area contributed by atoms with Crippen molar-refractivity contribution >= 4 is 16.6 Å². The quantitative estimate of drug-likeness (QED) is 0.503. The second kappa shape index (κ2) is 7.58. The number of rotatable bonds is 6. The predicted octanol–water partition coefficient (Wildman–Crippen LogP) is 3.37. The van der Waals surface area contributed by atoms with E-state index in [1.165, 1.54) is 4.52 Å². The largest absolute Gasteiger partial charge is 0.493 e. The van der Waals surface area contributed by atoms with Crippen LogP contribution in [-0.2, 0) is 13.0 Å². The maximum atomic E-state index is 13.4. The summed E-state index contributed by atoms with van der Waals surface area (Å²) in [5.74, 6) is 1.81. The lowest BCUT2D eigenvalue weighted by Crippen LogP contribution is -2.28. The van der Waals surface area contributed by atoms with Crippen molar-refractivity contribution in [3.8, 4) is 11.5 Å². The second-order valence-corrected chi connectivity index (χ2v) is 7.03. The molecule has 0 spiro atoms. The molecule has 0 aliphatic rings. The van der Waals surface area contributed by atoms with Gasteiger partial charge in [0.2, 0.25) is 0 Å². The van der Waals surface area contributed by atoms with E-state index in [1.807, 2.05) is 43.3 Å². The Kier molecular flexibility index (Phi) is 4.96. The first-order chi connectivity index (χ1) is 14.1. The summed E-state index contributed by atoms with van der Waals surface area (Å²) >= 11 is 0. The van der Waals surface area contributed by atoms with Crippen LogP contribution < -0.4 is 15.2 Å². The Morgan fingerprint density at radius 1 is 1.07 bits per heavy atom. The zero-order chi connectivity index (χ0) is 20.5. The molecule has 0 aliphatic heterocycles. The molecule has 2 aromatic heterocycles. The summed E-state index contributed by atoms with van der Waals surface area (Å²) in [6, 6.07) is 11.7. The van der Waals surface area contributed by atoms with Crippen LogP contribution in [0.15, 0.2) is 41.2 Å². The average molecular weight is 392 g/mol. The standard InChI is InChI=1S/C22H24N4O3/c1-5-8-20-23-21-16-11-18(28-3)19(29-4)12-17(16)25(22(27)26(21)24-20)13-15-10-7-6-9-14(15)2/h6-7,9-12H,5,8,13H2,1-4H3. The van der Waals surface area contributed by atoms with Gasteiger partial charge in [0.15, 0.2) is 23.0 Å². The third-order valence-corrected chi connectivity index (χ3v) is 5.16. The Morgan fingerprint density at radius 2 is 1.79 bits per heavy atom. The second-order valence-electron chi connectivity index (χ2n) is 7.03. The van der Waals surface area contributed by atoms with E-state index in [9.17, 15) is 4.79 Å². The van der Waals surface area contributed by atoms with Crippen LogP contribution >= 0.6 is 0 Å². The SMILES string of the molecule is CCCc1nc2c3cc(OC)c(OC)cc3n(Cc3ccccc3C)c(=O)n2n1. The van der Waals surface area contributed by atoms with Crippen LogP contribution in [0.1, 0.15) is 30.3 Å². The molecule has 0 atom stereocenters. The molecule has 29 heavy (non-hydrogen) atoms. The Labute approximate surface area is 168 Å². The van der Waals surface area contributed by atoms with Crippen molar-refractivity contribution in [1.29, 1.82) is 0 Å². The van der Waals surface area contributed by atoms with Crippen LogP contribution in [-0.4, -0.2) is 33.4 Å². The lowest BCUT2D eigenvalue weighted by molar-refractivity contribution is 0.355. The minimum atomic E-state index is -0.224. The summed E-state index contributed by atoms with van der Waals surface area (Å²) < 4.78 is 14.1. The minimum absolute atomic E-state index is 0.224. The zero-order valence-electron chi connectivity index (χ0n) is 17.1. The highest BCUT2D eigenvalue weighted by Crippen LogP contribution is 2.33. The molecule has 0 aliphatic carbocycles. The van der Waals surface area contributed by atoms with Crippen LogP contribution in [0, 0.1) is 6.92 Å². The molecular weight excluding hydrogens is 368 g/mol. The van der Waals surface area contributed by atoms with Gasteiger partial charge < -0.3 is 9.47 Å². The Bertz CT molecular complexity index is 1260. The first-order valence-electron chi connectivity index (χ1n) is 9.66. The van der Waals surface area contributed by atoms with Gasteiger partial charge in [-0.2, -0.15) is 4.52 Å². The molecule has 4 rings (SSSR count). The summed E-state index contributed by atoms with van der Waals surface area (Å²) in [6.45, 7) is 4.53. The topological polar surface area (TPSA) is 70.7 Å². The van der Waals surface area contributed by atoms with Crippen LogP contribution in [0.2, 0.25) is 0 Å². The van der Waals surface area contributed by atoms with Crippen LogP contribution in [0.25, 0.3) is 16.6 Å². The number of aromatic nitrogens is 4. The molecule has 7 heteroatoms. The fraction of sp³-hybridized carbons (Fsp3) is 0.318. The molecule has 150 valence electrons. The highest BCUT2D eigenvalue weighted by Gasteiger charge is 2.18. The number of hydrogen-bond donors (Lipinski definition) is 0. The third kappa shape index (κ3) is 3.22. The molecule has 0 fully saturated rings. The van der Waals surface area contributed by atoms with E-state index in [4.69, 9.17) is 9.47 Å². The maximum absolute atomic E-state index is 13.4. The van der Waals surface area contributed by atoms with Crippen molar-refractivity contribution in [3.05, 3.63) is 63.8 Å². The molecule has 0 radical (unpaired) electrons. The molecular formula is C22H24N4O3. The van der Waals surface area contributed by atoms with Gasteiger partial charge in [0.25, 0.3) is 0 Å². The van der Waals surface area contributed by atoms with Gasteiger partial charge in [0.1, 0.15) is 0 Å². The van der Waals surface area contributed by atoms with Gasteiger partial charge in [-0.15, -0.1) is 5.10 Å². The van der Waals surface area contributed by atoms with Crippen molar-refractivity contribution < 1.29 is 9.47 Å². The fourth-order valence-corrected chi connectivity index (χ4v) is 3.59. The van der Waals surface area contributed by atoms with Crippen molar-refractivity contribution in [3.63, 3.8) is 0 Å². The molecule has 2 heterocycles. The van der Waals surface area contributed by atoms with Crippen molar-refractivity contribution in [2.45, 2.75) is 33.2 Å². The van der Waals surface area contributed by atoms with Gasteiger partial charge in [-0.25, -0.2) is 9.78 Å². The summed E-state index contributed by atoms with van der Waals surface area (Å²) in [6.07, 6.45) is 1.62. The molecule has 7 nitrogen and oxygen atoms in total. The van der Waals surface area contributed by atoms with E-state index in [2.05, 4.69) is 17.0 Å². The molecule has 0 amide bonds. The molecule has 0 N–H and O–H groups in total. The van der Waals surface area contributed by atoms with E-state index in [1.54, 1.807) is 18.8 Å². The summed E-state index contributed by atoms with van der Waals surface area (Å²) in [7, 11) is 3.18. The smallest absolute Gasteiger partial charge is 0.351 e. The van der Waals surface area contributed by atoms with Crippen molar-refractivity contribution in [2.24, 2.45) is 0 Å². The first kappa shape index (κ1) is 19.0. The van der Waals surface area contributed by atoms with E-state index in [0.717, 1.165) is 28.5 Å². The molecule has 2 aromatic carbocycles. The minimum Gasteiger partial charge on any atom is -0.493 e. The van der Waals surface area contributed by atoms with Gasteiger partial charge >= 0.3 is 5.69 Å². The molecule has 0 unspecified atom stereocenters. The number of ether oxygens (including phenoxy) is 2. The number of nitrogens with zero attached hydrogens (tertiary/aromatic N) is 4.